The first kappa shape index (κ1) is 21.8. The van der Waals surface area contributed by atoms with Crippen molar-refractivity contribution in [2.24, 2.45) is 5.10 Å². The number of para-hydroxylation sites is 1. The first-order valence-electron chi connectivity index (χ1n) is 11.3. The summed E-state index contributed by atoms with van der Waals surface area (Å²) >= 11 is 1.28. The number of piperazine rings is 1. The minimum absolute atomic E-state index is 0.0536. The first-order chi connectivity index (χ1) is 16.9. The van der Waals surface area contributed by atoms with Crippen molar-refractivity contribution in [3.63, 3.8) is 0 Å². The van der Waals surface area contributed by atoms with Gasteiger partial charge in [0.2, 0.25) is 17.6 Å². The lowest BCUT2D eigenvalue weighted by Gasteiger charge is -2.33. The van der Waals surface area contributed by atoms with Crippen molar-refractivity contribution in [2.75, 3.05) is 50.9 Å². The highest BCUT2D eigenvalue weighted by atomic mass is 32.2. The van der Waals surface area contributed by atoms with E-state index in [4.69, 9.17) is 15.1 Å². The third kappa shape index (κ3) is 3.49. The van der Waals surface area contributed by atoms with Crippen LogP contribution in [-0.2, 0) is 4.79 Å². The third-order valence-electron chi connectivity index (χ3n) is 6.42. The number of carbonyl (C=O) groups excluding carboxylic acids is 2. The quantitative estimate of drug-likeness (QED) is 0.418. The number of hydrogen-bond acceptors (Lipinski definition) is 9. The number of benzene rings is 1. The van der Waals surface area contributed by atoms with Crippen LogP contribution in [0.15, 0.2) is 29.4 Å². The van der Waals surface area contributed by atoms with Gasteiger partial charge in [-0.05, 0) is 26.1 Å². The van der Waals surface area contributed by atoms with Gasteiger partial charge in [-0.2, -0.15) is 4.52 Å². The molecule has 1 aromatic carbocycles. The van der Waals surface area contributed by atoms with E-state index in [0.717, 1.165) is 43.0 Å². The molecule has 180 valence electrons. The fourth-order valence-corrected chi connectivity index (χ4v) is 5.27. The monoisotopic (exact) mass is 492 g/mol. The number of anilines is 1. The van der Waals surface area contributed by atoms with Gasteiger partial charge in [-0.1, -0.05) is 23.9 Å². The molecular formula is C22H24N10O2S. The van der Waals surface area contributed by atoms with E-state index < -0.39 is 5.91 Å². The molecule has 4 aromatic rings. The summed E-state index contributed by atoms with van der Waals surface area (Å²) in [5.41, 5.74) is 4.91. The lowest BCUT2D eigenvalue weighted by Crippen LogP contribution is -2.45. The van der Waals surface area contributed by atoms with Crippen molar-refractivity contribution in [3.8, 4) is 0 Å². The summed E-state index contributed by atoms with van der Waals surface area (Å²) in [5.74, 6) is 1.08. The highest BCUT2D eigenvalue weighted by Gasteiger charge is 2.28. The van der Waals surface area contributed by atoms with Crippen molar-refractivity contribution < 1.29 is 9.59 Å². The standard InChI is InChI=1S/C22H24N10O2S/c1-13-17(19(34)25-26-22-29(3)16(33)12-35-22)32-21(23-13)31-18(27-32)14-6-4-5-7-15(14)24-20(31)30-10-8-28(2)9-11-30/h4-7H,8-12H2,1-3H3,(H,25,34)/b26-22+. The van der Waals surface area contributed by atoms with Gasteiger partial charge in [0, 0.05) is 38.6 Å². The lowest BCUT2D eigenvalue weighted by molar-refractivity contribution is -0.123. The largest absolute Gasteiger partial charge is 0.339 e. The number of nitrogens with one attached hydrogen (secondary N) is 1. The number of hydrazone groups is 1. The molecule has 0 aliphatic carbocycles. The van der Waals surface area contributed by atoms with Gasteiger partial charge in [0.1, 0.15) is 0 Å². The predicted octanol–water partition coefficient (Wildman–Crippen LogP) is 0.796. The van der Waals surface area contributed by atoms with E-state index in [2.05, 4.69) is 27.4 Å². The zero-order valence-corrected chi connectivity index (χ0v) is 20.4. The predicted molar refractivity (Wildman–Crippen MR) is 134 cm³/mol. The van der Waals surface area contributed by atoms with E-state index in [-0.39, 0.29) is 5.91 Å². The number of hydrogen-bond donors (Lipinski definition) is 1. The van der Waals surface area contributed by atoms with Gasteiger partial charge >= 0.3 is 0 Å². The number of rotatable bonds is 3. The van der Waals surface area contributed by atoms with Crippen LogP contribution in [0.2, 0.25) is 0 Å². The molecule has 2 amide bonds. The van der Waals surface area contributed by atoms with E-state index in [1.165, 1.54) is 16.7 Å². The number of carbonyl (C=O) groups is 2. The van der Waals surface area contributed by atoms with E-state index >= 15 is 0 Å². The number of aromatic nitrogens is 5. The molecule has 5 heterocycles. The number of imidazole rings is 1. The molecule has 0 radical (unpaired) electrons. The highest BCUT2D eigenvalue weighted by Crippen LogP contribution is 2.27. The van der Waals surface area contributed by atoms with Crippen molar-refractivity contribution in [1.82, 2.24) is 39.2 Å². The maximum Gasteiger partial charge on any atom is 0.292 e. The molecule has 0 unspecified atom stereocenters. The zero-order chi connectivity index (χ0) is 24.3. The molecule has 2 saturated heterocycles. The number of thioether (sulfide) groups is 1. The Morgan fingerprint density at radius 1 is 1.11 bits per heavy atom. The lowest BCUT2D eigenvalue weighted by atomic mass is 10.2. The van der Waals surface area contributed by atoms with Crippen molar-refractivity contribution in [2.45, 2.75) is 6.92 Å². The topological polar surface area (TPSA) is 116 Å². The second kappa shape index (κ2) is 8.20. The van der Waals surface area contributed by atoms with Gasteiger partial charge in [0.05, 0.1) is 17.0 Å². The molecule has 1 N–H and O–H groups in total. The van der Waals surface area contributed by atoms with Crippen LogP contribution in [-0.4, -0.2) is 96.8 Å². The normalized spacial score (nSPS) is 18.6. The first-order valence-corrected chi connectivity index (χ1v) is 12.3. The fraction of sp³-hybridized carbons (Fsp3) is 0.364. The summed E-state index contributed by atoms with van der Waals surface area (Å²) in [6.45, 7) is 5.29. The maximum absolute atomic E-state index is 13.2. The number of likely N-dealkylation sites (N-methyl/N-ethyl adjacent to an activating group) is 1. The van der Waals surface area contributed by atoms with Gasteiger partial charge in [0.25, 0.3) is 5.91 Å². The molecule has 12 nitrogen and oxygen atoms in total. The summed E-state index contributed by atoms with van der Waals surface area (Å²) in [4.78, 5) is 40.6. The Labute approximate surface area is 204 Å². The van der Waals surface area contributed by atoms with Crippen LogP contribution >= 0.6 is 11.8 Å². The minimum atomic E-state index is -0.447. The van der Waals surface area contributed by atoms with Gasteiger partial charge < -0.3 is 9.80 Å². The molecular weight excluding hydrogens is 468 g/mol. The summed E-state index contributed by atoms with van der Waals surface area (Å²) in [5, 5.41) is 10.3. The molecule has 0 spiro atoms. The summed E-state index contributed by atoms with van der Waals surface area (Å²) in [6.07, 6.45) is 0. The van der Waals surface area contributed by atoms with Gasteiger partial charge in [0.15, 0.2) is 16.5 Å². The average molecular weight is 493 g/mol. The molecule has 2 fully saturated rings. The maximum atomic E-state index is 13.2. The number of amides is 2. The van der Waals surface area contributed by atoms with E-state index in [1.54, 1.807) is 18.5 Å². The number of aryl methyl sites for hydroxylation is 1. The van der Waals surface area contributed by atoms with Crippen LogP contribution in [0.1, 0.15) is 16.2 Å². The average Bonchev–Trinajstić information content (AvgIpc) is 3.48. The van der Waals surface area contributed by atoms with E-state index in [1.807, 2.05) is 28.7 Å². The molecule has 0 atom stereocenters. The Kier molecular flexibility index (Phi) is 5.11. The molecule has 0 saturated carbocycles. The molecule has 3 aromatic heterocycles. The van der Waals surface area contributed by atoms with Gasteiger partial charge in [-0.25, -0.2) is 19.8 Å². The molecule has 2 aliphatic heterocycles. The zero-order valence-electron chi connectivity index (χ0n) is 19.6. The van der Waals surface area contributed by atoms with Crippen LogP contribution in [0, 0.1) is 6.92 Å². The molecule has 13 heteroatoms. The second-order valence-electron chi connectivity index (χ2n) is 8.71. The summed E-state index contributed by atoms with van der Waals surface area (Å²) < 4.78 is 3.49. The van der Waals surface area contributed by atoms with Crippen molar-refractivity contribution in [1.29, 1.82) is 0 Å². The molecule has 2 aliphatic rings. The molecule has 0 bridgehead atoms. The van der Waals surface area contributed by atoms with Crippen LogP contribution < -0.4 is 10.3 Å². The van der Waals surface area contributed by atoms with E-state index in [0.29, 0.717) is 33.7 Å². The Bertz CT molecular complexity index is 1530. The van der Waals surface area contributed by atoms with Crippen LogP contribution in [0.5, 0.6) is 0 Å². The van der Waals surface area contributed by atoms with Gasteiger partial charge in [-0.3, -0.25) is 14.5 Å². The second-order valence-corrected chi connectivity index (χ2v) is 9.66. The van der Waals surface area contributed by atoms with Crippen LogP contribution in [0.25, 0.3) is 22.3 Å². The minimum Gasteiger partial charge on any atom is -0.339 e. The van der Waals surface area contributed by atoms with Crippen LogP contribution in [0.3, 0.4) is 0 Å². The fourth-order valence-electron chi connectivity index (χ4n) is 4.42. The number of nitrogens with zero attached hydrogens (tertiary/aromatic N) is 9. The Hall–Kier alpha value is -3.71. The Morgan fingerprint density at radius 3 is 2.63 bits per heavy atom. The number of amidine groups is 1. The van der Waals surface area contributed by atoms with Gasteiger partial charge in [-0.15, -0.1) is 10.2 Å². The van der Waals surface area contributed by atoms with Crippen LogP contribution in [0.4, 0.5) is 5.95 Å². The Morgan fingerprint density at radius 2 is 1.89 bits per heavy atom. The summed E-state index contributed by atoms with van der Waals surface area (Å²) in [7, 11) is 3.75. The van der Waals surface area contributed by atoms with Crippen molar-refractivity contribution in [3.05, 3.63) is 35.7 Å². The smallest absolute Gasteiger partial charge is 0.292 e. The Balaban J connectivity index is 1.49. The highest BCUT2D eigenvalue weighted by molar-refractivity contribution is 8.15. The molecule has 6 rings (SSSR count). The summed E-state index contributed by atoms with van der Waals surface area (Å²) in [6, 6.07) is 7.85. The van der Waals surface area contributed by atoms with E-state index in [9.17, 15) is 9.59 Å². The molecule has 35 heavy (non-hydrogen) atoms. The third-order valence-corrected chi connectivity index (χ3v) is 7.44. The van der Waals surface area contributed by atoms with Crippen molar-refractivity contribution >= 4 is 57.0 Å². The SMILES string of the molecule is Cc1nc2n(nc3c4ccccc4nc(N4CCN(C)CC4)n32)c1C(=O)N/N=C1/SCC(=O)N1C. The number of fused-ring (bicyclic) bond motifs is 5.